The van der Waals surface area contributed by atoms with Crippen molar-refractivity contribution in [1.82, 2.24) is 5.32 Å². The van der Waals surface area contributed by atoms with Crippen LogP contribution in [0.2, 0.25) is 0 Å². The number of rotatable bonds is 4. The quantitative estimate of drug-likeness (QED) is 0.810. The van der Waals surface area contributed by atoms with E-state index in [4.69, 9.17) is 5.26 Å². The molecule has 0 spiro atoms. The van der Waals surface area contributed by atoms with Gasteiger partial charge in [0.1, 0.15) is 22.8 Å². The number of amides is 1. The molecule has 2 N–H and O–H groups in total. The average Bonchev–Trinajstić information content (AvgIpc) is 2.52. The van der Waals surface area contributed by atoms with Crippen LogP contribution in [-0.4, -0.2) is 29.8 Å². The number of nitrogens with zero attached hydrogens (tertiary/aromatic N) is 1. The number of hydrogen-bond donors (Lipinski definition) is 2. The number of carbonyl (C=O) groups is 2. The van der Waals surface area contributed by atoms with Crippen LogP contribution in [0.4, 0.5) is 0 Å². The molecule has 0 saturated heterocycles. The van der Waals surface area contributed by atoms with Gasteiger partial charge in [-0.2, -0.15) is 5.26 Å². The van der Waals surface area contributed by atoms with Crippen molar-refractivity contribution in [2.75, 3.05) is 12.9 Å². The molecular weight excluding hydrogens is 324 g/mol. The Morgan fingerprint density at radius 3 is 2.77 bits per heavy atom. The number of phenolic OH excluding ortho intramolecular Hbond substituents is 1. The summed E-state index contributed by atoms with van der Waals surface area (Å²) in [5, 5.41) is 20.7. The average molecular weight is 336 g/mol. The number of hydrogen-bond acceptors (Lipinski definition) is 7. The second kappa shape index (κ2) is 7.24. The predicted molar refractivity (Wildman–Crippen MR) is 83.7 cm³/mol. The highest BCUT2D eigenvalue weighted by Crippen LogP contribution is 2.43. The van der Waals surface area contributed by atoms with Gasteiger partial charge < -0.3 is 15.2 Å². The van der Waals surface area contributed by atoms with Gasteiger partial charge in [-0.25, -0.2) is 0 Å². The molecule has 0 unspecified atom stereocenters. The molecule has 1 aliphatic heterocycles. The van der Waals surface area contributed by atoms with E-state index in [2.05, 4.69) is 10.1 Å². The molecule has 1 amide bonds. The fourth-order valence-corrected chi connectivity index (χ4v) is 3.98. The van der Waals surface area contributed by atoms with Gasteiger partial charge in [-0.3, -0.25) is 9.59 Å². The highest BCUT2D eigenvalue weighted by molar-refractivity contribution is 8.22. The topological polar surface area (TPSA) is 99.4 Å². The summed E-state index contributed by atoms with van der Waals surface area (Å²) >= 11 is 2.38. The van der Waals surface area contributed by atoms with Crippen LogP contribution in [0.5, 0.6) is 5.75 Å². The van der Waals surface area contributed by atoms with Gasteiger partial charge in [-0.1, -0.05) is 23.9 Å². The molecule has 0 radical (unpaired) electrons. The van der Waals surface area contributed by atoms with Gasteiger partial charge in [0.25, 0.3) is 5.91 Å². The van der Waals surface area contributed by atoms with Crippen LogP contribution < -0.4 is 5.32 Å². The van der Waals surface area contributed by atoms with Crippen molar-refractivity contribution < 1.29 is 19.4 Å². The number of phenols is 1. The first-order valence-corrected chi connectivity index (χ1v) is 8.02. The Morgan fingerprint density at radius 2 is 2.18 bits per heavy atom. The Kier molecular flexibility index (Phi) is 5.35. The fraction of sp³-hybridized carbons (Fsp3) is 0.214. The van der Waals surface area contributed by atoms with Gasteiger partial charge >= 0.3 is 5.97 Å². The van der Waals surface area contributed by atoms with Crippen LogP contribution >= 0.6 is 23.5 Å². The van der Waals surface area contributed by atoms with E-state index in [0.29, 0.717) is 4.24 Å². The number of nitrogens with one attached hydrogen (secondary N) is 1. The summed E-state index contributed by atoms with van der Waals surface area (Å²) in [5.41, 5.74) is 0.776. The predicted octanol–water partition coefficient (Wildman–Crippen LogP) is 1.90. The molecule has 8 heteroatoms. The molecule has 22 heavy (non-hydrogen) atoms. The lowest BCUT2D eigenvalue weighted by Crippen LogP contribution is -2.31. The number of benzene rings is 1. The maximum absolute atomic E-state index is 12.0. The zero-order valence-electron chi connectivity index (χ0n) is 11.5. The van der Waals surface area contributed by atoms with Crippen LogP contribution in [0.15, 0.2) is 34.1 Å². The van der Waals surface area contributed by atoms with Gasteiger partial charge in [0.2, 0.25) is 0 Å². The van der Waals surface area contributed by atoms with E-state index in [1.807, 2.05) is 6.07 Å². The molecule has 6 nitrogen and oxygen atoms in total. The first kappa shape index (κ1) is 16.3. The second-order valence-corrected chi connectivity index (χ2v) is 6.56. The minimum Gasteiger partial charge on any atom is -0.508 e. The maximum Gasteiger partial charge on any atom is 0.316 e. The summed E-state index contributed by atoms with van der Waals surface area (Å²) in [5.74, 6) is -0.752. The van der Waals surface area contributed by atoms with E-state index >= 15 is 0 Å². The van der Waals surface area contributed by atoms with Gasteiger partial charge in [0.05, 0.1) is 17.1 Å². The van der Waals surface area contributed by atoms with Crippen molar-refractivity contribution in [1.29, 1.82) is 5.26 Å². The smallest absolute Gasteiger partial charge is 0.316 e. The van der Waals surface area contributed by atoms with E-state index in [9.17, 15) is 14.7 Å². The lowest BCUT2D eigenvalue weighted by Gasteiger charge is -2.25. The third kappa shape index (κ3) is 3.75. The number of nitriles is 1. The number of thioether (sulfide) groups is 2. The molecule has 1 aromatic carbocycles. The number of aromatic hydroxyl groups is 1. The van der Waals surface area contributed by atoms with E-state index in [1.54, 1.807) is 12.1 Å². The Labute approximate surface area is 135 Å². The SMILES string of the molecule is COC(=O)CSC1=C(C#N)C(=O)N[C@H](c2ccc(O)cc2)S1. The number of carbonyl (C=O) groups excluding carboxylic acids is 2. The van der Waals surface area contributed by atoms with E-state index in [0.717, 1.165) is 17.3 Å². The monoisotopic (exact) mass is 336 g/mol. The van der Waals surface area contributed by atoms with Gasteiger partial charge in [-0.15, -0.1) is 11.8 Å². The normalized spacial score (nSPS) is 17.6. The fourth-order valence-electron chi connectivity index (χ4n) is 1.67. The minimum absolute atomic E-state index is 0.00562. The van der Waals surface area contributed by atoms with Crippen molar-refractivity contribution in [2.45, 2.75) is 5.37 Å². The molecule has 1 aromatic rings. The number of methoxy groups -OCH3 is 1. The van der Waals surface area contributed by atoms with Crippen molar-refractivity contribution >= 4 is 35.4 Å². The van der Waals surface area contributed by atoms with Gasteiger partial charge in [-0.05, 0) is 17.7 Å². The zero-order valence-corrected chi connectivity index (χ0v) is 13.2. The van der Waals surface area contributed by atoms with Gasteiger partial charge in [0.15, 0.2) is 0 Å². The molecule has 1 heterocycles. The molecule has 1 atom stereocenters. The second-order valence-electron chi connectivity index (χ2n) is 4.20. The molecule has 0 aromatic heterocycles. The van der Waals surface area contributed by atoms with Crippen LogP contribution in [0.25, 0.3) is 0 Å². The first-order chi connectivity index (χ1) is 10.5. The molecular formula is C14H12N2O4S2. The molecule has 114 valence electrons. The van der Waals surface area contributed by atoms with E-state index in [1.165, 1.54) is 31.0 Å². The third-order valence-electron chi connectivity index (χ3n) is 2.77. The lowest BCUT2D eigenvalue weighted by molar-refractivity contribution is -0.137. The Bertz CT molecular complexity index is 664. The molecule has 0 bridgehead atoms. The van der Waals surface area contributed by atoms with Crippen molar-refractivity contribution in [2.24, 2.45) is 0 Å². The number of ether oxygens (including phenoxy) is 1. The van der Waals surface area contributed by atoms with Crippen LogP contribution in [0, 0.1) is 11.3 Å². The standard InChI is InChI=1S/C14H12N2O4S2/c1-20-11(18)7-21-14-10(6-15)12(19)16-13(22-14)8-2-4-9(17)5-3-8/h2-5,13,17H,7H2,1H3,(H,16,19)/t13-/m0/s1. The summed E-state index contributed by atoms with van der Waals surface area (Å²) in [4.78, 5) is 23.3. The largest absolute Gasteiger partial charge is 0.508 e. The summed E-state index contributed by atoms with van der Waals surface area (Å²) < 4.78 is 5.04. The first-order valence-electron chi connectivity index (χ1n) is 6.15. The van der Waals surface area contributed by atoms with E-state index in [-0.39, 0.29) is 22.4 Å². The van der Waals surface area contributed by atoms with Crippen LogP contribution in [0.1, 0.15) is 10.9 Å². The van der Waals surface area contributed by atoms with Crippen molar-refractivity contribution in [3.63, 3.8) is 0 Å². The molecule has 0 fully saturated rings. The Hall–Kier alpha value is -2.11. The number of esters is 1. The Morgan fingerprint density at radius 1 is 1.50 bits per heavy atom. The highest BCUT2D eigenvalue weighted by atomic mass is 32.2. The molecule has 0 saturated carbocycles. The van der Waals surface area contributed by atoms with Crippen molar-refractivity contribution in [3.8, 4) is 11.8 Å². The summed E-state index contributed by atoms with van der Waals surface area (Å²) in [6.07, 6.45) is 0. The van der Waals surface area contributed by atoms with Crippen LogP contribution in [0.3, 0.4) is 0 Å². The van der Waals surface area contributed by atoms with Crippen molar-refractivity contribution in [3.05, 3.63) is 39.6 Å². The van der Waals surface area contributed by atoms with Crippen LogP contribution in [-0.2, 0) is 14.3 Å². The third-order valence-corrected chi connectivity index (χ3v) is 5.31. The van der Waals surface area contributed by atoms with E-state index < -0.39 is 11.9 Å². The molecule has 0 aliphatic carbocycles. The molecule has 1 aliphatic rings. The maximum atomic E-state index is 12.0. The highest BCUT2D eigenvalue weighted by Gasteiger charge is 2.29. The lowest BCUT2D eigenvalue weighted by atomic mass is 10.2. The van der Waals surface area contributed by atoms with Gasteiger partial charge in [0, 0.05) is 0 Å². The summed E-state index contributed by atoms with van der Waals surface area (Å²) in [7, 11) is 1.28. The summed E-state index contributed by atoms with van der Waals surface area (Å²) in [6.45, 7) is 0. The zero-order chi connectivity index (χ0) is 16.1. The molecule has 2 rings (SSSR count). The Balaban J connectivity index is 2.21. The minimum atomic E-state index is -0.480. The summed E-state index contributed by atoms with van der Waals surface area (Å²) in [6, 6.07) is 8.28.